The summed E-state index contributed by atoms with van der Waals surface area (Å²) in [6.45, 7) is 5.94. The number of nitrogens with zero attached hydrogens (tertiary/aromatic N) is 3. The van der Waals surface area contributed by atoms with E-state index in [9.17, 15) is 14.0 Å². The van der Waals surface area contributed by atoms with Gasteiger partial charge < -0.3 is 4.90 Å². The molecule has 0 fully saturated rings. The molecule has 0 saturated heterocycles. The first kappa shape index (κ1) is 20.9. The van der Waals surface area contributed by atoms with Crippen molar-refractivity contribution in [2.24, 2.45) is 0 Å². The van der Waals surface area contributed by atoms with Crippen molar-refractivity contribution < 1.29 is 9.18 Å². The van der Waals surface area contributed by atoms with Crippen molar-refractivity contribution in [1.29, 1.82) is 0 Å². The van der Waals surface area contributed by atoms with Crippen molar-refractivity contribution in [3.8, 4) is 11.1 Å². The van der Waals surface area contributed by atoms with E-state index in [2.05, 4.69) is 4.98 Å². The molecule has 5 nitrogen and oxygen atoms in total. The smallest absolute Gasteiger partial charge is 0.263 e. The van der Waals surface area contributed by atoms with Crippen molar-refractivity contribution >= 4 is 33.1 Å². The number of benzene rings is 2. The number of likely N-dealkylation sites (N-methyl/N-ethyl adjacent to an activating group) is 1. The maximum atomic E-state index is 13.5. The number of amides is 1. The van der Waals surface area contributed by atoms with Crippen molar-refractivity contribution in [2.75, 3.05) is 11.4 Å². The SMILES string of the molecule is CCN(C(=O)Cn1c(C)nc2sc(C)c(-c3ccc(F)cc3)c2c1=O)c1ccccc1. The van der Waals surface area contributed by atoms with Crippen LogP contribution >= 0.6 is 11.3 Å². The Kier molecular flexibility index (Phi) is 5.69. The predicted molar refractivity (Wildman–Crippen MR) is 123 cm³/mol. The standard InChI is InChI=1S/C24H22FN3O2S/c1-4-27(19-8-6-5-7-9-19)20(29)14-28-16(3)26-23-22(24(28)30)21(15(2)31-23)17-10-12-18(25)13-11-17/h5-13H,4,14H2,1-3H3. The number of carbonyl (C=O) groups excluding carboxylic acids is 1. The number of halogens is 1. The van der Waals surface area contributed by atoms with Gasteiger partial charge in [0.1, 0.15) is 23.0 Å². The Morgan fingerprint density at radius 2 is 1.77 bits per heavy atom. The molecular weight excluding hydrogens is 413 g/mol. The average molecular weight is 436 g/mol. The fourth-order valence-electron chi connectivity index (χ4n) is 3.78. The molecule has 2 heterocycles. The molecule has 31 heavy (non-hydrogen) atoms. The summed E-state index contributed by atoms with van der Waals surface area (Å²) in [5.74, 6) is -0.0318. The number of para-hydroxylation sites is 1. The van der Waals surface area contributed by atoms with Gasteiger partial charge in [0, 0.05) is 22.7 Å². The van der Waals surface area contributed by atoms with Crippen LogP contribution in [0.1, 0.15) is 17.6 Å². The molecule has 2 aromatic heterocycles. The maximum Gasteiger partial charge on any atom is 0.263 e. The maximum absolute atomic E-state index is 13.5. The van der Waals surface area contributed by atoms with Crippen molar-refractivity contribution in [2.45, 2.75) is 27.3 Å². The largest absolute Gasteiger partial charge is 0.311 e. The molecule has 0 unspecified atom stereocenters. The van der Waals surface area contributed by atoms with Crippen LogP contribution in [-0.4, -0.2) is 22.0 Å². The fourth-order valence-corrected chi connectivity index (χ4v) is 4.86. The third-order valence-corrected chi connectivity index (χ3v) is 6.29. The molecule has 158 valence electrons. The molecule has 2 aromatic carbocycles. The van der Waals surface area contributed by atoms with Gasteiger partial charge in [-0.25, -0.2) is 9.37 Å². The summed E-state index contributed by atoms with van der Waals surface area (Å²) < 4.78 is 14.8. The van der Waals surface area contributed by atoms with Gasteiger partial charge in [-0.05, 0) is 50.6 Å². The lowest BCUT2D eigenvalue weighted by molar-refractivity contribution is -0.119. The van der Waals surface area contributed by atoms with E-state index < -0.39 is 0 Å². The van der Waals surface area contributed by atoms with Gasteiger partial charge in [-0.15, -0.1) is 11.3 Å². The first-order valence-electron chi connectivity index (χ1n) is 10.0. The van der Waals surface area contributed by atoms with Crippen LogP contribution in [0.5, 0.6) is 0 Å². The molecule has 0 aliphatic heterocycles. The van der Waals surface area contributed by atoms with Gasteiger partial charge in [0.05, 0.1) is 5.39 Å². The Bertz CT molecular complexity index is 1310. The first-order chi connectivity index (χ1) is 14.9. The summed E-state index contributed by atoms with van der Waals surface area (Å²) in [4.78, 5) is 34.4. The molecule has 1 amide bonds. The van der Waals surface area contributed by atoms with Crippen molar-refractivity contribution in [3.63, 3.8) is 0 Å². The van der Waals surface area contributed by atoms with Crippen molar-refractivity contribution in [3.05, 3.63) is 81.5 Å². The zero-order valence-electron chi connectivity index (χ0n) is 17.6. The summed E-state index contributed by atoms with van der Waals surface area (Å²) in [6.07, 6.45) is 0. The number of aryl methyl sites for hydroxylation is 2. The number of thiophene rings is 1. The number of hydrogen-bond acceptors (Lipinski definition) is 4. The minimum absolute atomic E-state index is 0.103. The lowest BCUT2D eigenvalue weighted by Gasteiger charge is -2.22. The first-order valence-corrected chi connectivity index (χ1v) is 10.8. The second-order valence-electron chi connectivity index (χ2n) is 7.24. The van der Waals surface area contributed by atoms with Gasteiger partial charge in [0.25, 0.3) is 5.56 Å². The number of carbonyl (C=O) groups is 1. The zero-order valence-corrected chi connectivity index (χ0v) is 18.4. The molecule has 0 atom stereocenters. The summed E-state index contributed by atoms with van der Waals surface area (Å²) in [6, 6.07) is 15.4. The number of aromatic nitrogens is 2. The van der Waals surface area contributed by atoms with Crippen LogP contribution in [0, 0.1) is 19.7 Å². The van der Waals surface area contributed by atoms with Gasteiger partial charge in [-0.2, -0.15) is 0 Å². The Labute approximate surface area is 183 Å². The van der Waals surface area contributed by atoms with Crippen molar-refractivity contribution in [1.82, 2.24) is 9.55 Å². The topological polar surface area (TPSA) is 55.2 Å². The summed E-state index contributed by atoms with van der Waals surface area (Å²) in [5.41, 5.74) is 2.02. The molecule has 4 aromatic rings. The molecule has 0 N–H and O–H groups in total. The second kappa shape index (κ2) is 8.43. The number of fused-ring (bicyclic) bond motifs is 1. The van der Waals surface area contributed by atoms with Gasteiger partial charge in [-0.1, -0.05) is 30.3 Å². The number of anilines is 1. The Morgan fingerprint density at radius 1 is 1.10 bits per heavy atom. The average Bonchev–Trinajstić information content (AvgIpc) is 3.08. The van der Waals surface area contributed by atoms with Crippen LogP contribution < -0.4 is 10.5 Å². The van der Waals surface area contributed by atoms with E-state index in [-0.39, 0.29) is 23.8 Å². The third-order valence-electron chi connectivity index (χ3n) is 5.29. The van der Waals surface area contributed by atoms with Gasteiger partial charge >= 0.3 is 0 Å². The van der Waals surface area contributed by atoms with Crippen LogP contribution in [0.4, 0.5) is 10.1 Å². The summed E-state index contributed by atoms with van der Waals surface area (Å²) >= 11 is 1.43. The molecule has 0 spiro atoms. The number of rotatable bonds is 5. The monoisotopic (exact) mass is 435 g/mol. The van der Waals surface area contributed by atoms with Crippen LogP contribution in [0.3, 0.4) is 0 Å². The molecule has 0 bridgehead atoms. The van der Waals surface area contributed by atoms with E-state index in [1.54, 1.807) is 24.0 Å². The summed E-state index contributed by atoms with van der Waals surface area (Å²) in [7, 11) is 0. The Hall–Kier alpha value is -3.32. The third kappa shape index (κ3) is 3.88. The quantitative estimate of drug-likeness (QED) is 0.446. The molecule has 4 rings (SSSR count). The van der Waals surface area contributed by atoms with E-state index >= 15 is 0 Å². The van der Waals surface area contributed by atoms with Crippen LogP contribution in [0.15, 0.2) is 59.4 Å². The normalized spacial score (nSPS) is 11.1. The highest BCUT2D eigenvalue weighted by Crippen LogP contribution is 2.35. The second-order valence-corrected chi connectivity index (χ2v) is 8.45. The Balaban J connectivity index is 1.80. The van der Waals surface area contributed by atoms with E-state index in [4.69, 9.17) is 0 Å². The minimum Gasteiger partial charge on any atom is -0.311 e. The highest BCUT2D eigenvalue weighted by Gasteiger charge is 2.21. The fraction of sp³-hybridized carbons (Fsp3) is 0.208. The summed E-state index contributed by atoms with van der Waals surface area (Å²) in [5, 5.41) is 0.468. The molecule has 0 aliphatic carbocycles. The van der Waals surface area contributed by atoms with Gasteiger partial charge in [0.15, 0.2) is 0 Å². The molecule has 0 radical (unpaired) electrons. The van der Waals surface area contributed by atoms with Crippen LogP contribution in [0.2, 0.25) is 0 Å². The predicted octanol–water partition coefficient (Wildman–Crippen LogP) is 4.93. The molecule has 0 aliphatic rings. The van der Waals surface area contributed by atoms with Crippen LogP contribution in [0.25, 0.3) is 21.3 Å². The lowest BCUT2D eigenvalue weighted by atomic mass is 10.0. The lowest BCUT2D eigenvalue weighted by Crippen LogP contribution is -2.37. The molecule has 7 heteroatoms. The highest BCUT2D eigenvalue weighted by atomic mass is 32.1. The highest BCUT2D eigenvalue weighted by molar-refractivity contribution is 7.19. The number of hydrogen-bond donors (Lipinski definition) is 0. The van der Waals surface area contributed by atoms with Crippen LogP contribution in [-0.2, 0) is 11.3 Å². The van der Waals surface area contributed by atoms with Gasteiger partial charge in [0.2, 0.25) is 5.91 Å². The molecule has 0 saturated carbocycles. The van der Waals surface area contributed by atoms with E-state index in [1.165, 1.54) is 28.0 Å². The zero-order chi connectivity index (χ0) is 22.1. The molecular formula is C24H22FN3O2S. The Morgan fingerprint density at radius 3 is 2.42 bits per heavy atom. The van der Waals surface area contributed by atoms with E-state index in [1.807, 2.05) is 44.2 Å². The van der Waals surface area contributed by atoms with E-state index in [0.717, 1.165) is 21.7 Å². The van der Waals surface area contributed by atoms with E-state index in [0.29, 0.717) is 22.6 Å². The van der Waals surface area contributed by atoms with Gasteiger partial charge in [-0.3, -0.25) is 14.2 Å². The minimum atomic E-state index is -0.335.